The quantitative estimate of drug-likeness (QED) is 0.851. The van der Waals surface area contributed by atoms with Crippen LogP contribution in [0.1, 0.15) is 26.2 Å². The molecular weight excluding hydrogens is 242 g/mol. The molecule has 1 aromatic heterocycles. The van der Waals surface area contributed by atoms with E-state index in [2.05, 4.69) is 22.4 Å². The standard InChI is InChI=1S/C13H17N5O/c1-13(6-3-7-13)18-12(15-16-17-18)9-4-5-10(14)11(8-9)19-2/h4-5,8H,3,6-7,14H2,1-2H3. The predicted octanol–water partition coefficient (Wildman–Crippen LogP) is 1.83. The van der Waals surface area contributed by atoms with Crippen LogP contribution in [0.2, 0.25) is 0 Å². The number of benzene rings is 1. The molecule has 0 spiro atoms. The monoisotopic (exact) mass is 259 g/mol. The molecule has 1 aromatic carbocycles. The zero-order chi connectivity index (χ0) is 13.5. The lowest BCUT2D eigenvalue weighted by atomic mass is 9.78. The molecule has 100 valence electrons. The third-order valence-electron chi connectivity index (χ3n) is 3.90. The van der Waals surface area contributed by atoms with Gasteiger partial charge in [-0.25, -0.2) is 4.68 Å². The Morgan fingerprint density at radius 1 is 1.37 bits per heavy atom. The largest absolute Gasteiger partial charge is 0.495 e. The smallest absolute Gasteiger partial charge is 0.182 e. The van der Waals surface area contributed by atoms with Crippen LogP contribution in [0.4, 0.5) is 5.69 Å². The minimum atomic E-state index is 0.0352. The molecule has 1 aliphatic carbocycles. The van der Waals surface area contributed by atoms with Crippen molar-refractivity contribution in [2.24, 2.45) is 0 Å². The summed E-state index contributed by atoms with van der Waals surface area (Å²) in [4.78, 5) is 0. The van der Waals surface area contributed by atoms with Crippen molar-refractivity contribution in [3.63, 3.8) is 0 Å². The second-order valence-electron chi connectivity index (χ2n) is 5.22. The molecule has 0 amide bonds. The van der Waals surface area contributed by atoms with Crippen molar-refractivity contribution in [3.8, 4) is 17.1 Å². The van der Waals surface area contributed by atoms with E-state index in [1.807, 2.05) is 22.9 Å². The number of hydrogen-bond acceptors (Lipinski definition) is 5. The van der Waals surface area contributed by atoms with Crippen molar-refractivity contribution in [2.75, 3.05) is 12.8 Å². The van der Waals surface area contributed by atoms with Crippen molar-refractivity contribution in [3.05, 3.63) is 18.2 Å². The molecule has 2 N–H and O–H groups in total. The fourth-order valence-corrected chi connectivity index (χ4v) is 2.48. The first kappa shape index (κ1) is 12.0. The molecule has 1 aliphatic rings. The van der Waals surface area contributed by atoms with Crippen LogP contribution in [0.25, 0.3) is 11.4 Å². The van der Waals surface area contributed by atoms with Crippen molar-refractivity contribution >= 4 is 5.69 Å². The highest BCUT2D eigenvalue weighted by molar-refractivity contribution is 5.65. The summed E-state index contributed by atoms with van der Waals surface area (Å²) in [6, 6.07) is 5.61. The molecule has 3 rings (SSSR count). The molecule has 1 heterocycles. The second kappa shape index (κ2) is 4.22. The van der Waals surface area contributed by atoms with Crippen LogP contribution in [0.3, 0.4) is 0 Å². The Labute approximate surface area is 111 Å². The van der Waals surface area contributed by atoms with E-state index in [0.717, 1.165) is 24.2 Å². The predicted molar refractivity (Wildman–Crippen MR) is 71.7 cm³/mol. The Morgan fingerprint density at radius 2 is 2.16 bits per heavy atom. The van der Waals surface area contributed by atoms with E-state index in [1.165, 1.54) is 6.42 Å². The van der Waals surface area contributed by atoms with Crippen molar-refractivity contribution < 1.29 is 4.74 Å². The first-order valence-corrected chi connectivity index (χ1v) is 6.37. The molecule has 0 radical (unpaired) electrons. The van der Waals surface area contributed by atoms with Gasteiger partial charge in [0.15, 0.2) is 5.82 Å². The Hall–Kier alpha value is -2.11. The molecule has 0 unspecified atom stereocenters. The van der Waals surface area contributed by atoms with Gasteiger partial charge in [-0.2, -0.15) is 0 Å². The molecule has 0 atom stereocenters. The van der Waals surface area contributed by atoms with Gasteiger partial charge in [-0.1, -0.05) is 0 Å². The van der Waals surface area contributed by atoms with Crippen LogP contribution in [0.15, 0.2) is 18.2 Å². The van der Waals surface area contributed by atoms with Gasteiger partial charge in [0.05, 0.1) is 18.3 Å². The molecule has 0 aliphatic heterocycles. The number of ether oxygens (including phenoxy) is 1. The first-order valence-electron chi connectivity index (χ1n) is 6.37. The molecule has 2 aromatic rings. The van der Waals surface area contributed by atoms with Crippen LogP contribution in [-0.2, 0) is 5.54 Å². The van der Waals surface area contributed by atoms with Gasteiger partial charge in [0.2, 0.25) is 0 Å². The lowest BCUT2D eigenvalue weighted by Crippen LogP contribution is -2.38. The lowest BCUT2D eigenvalue weighted by Gasteiger charge is -2.38. The summed E-state index contributed by atoms with van der Waals surface area (Å²) in [5.41, 5.74) is 7.40. The van der Waals surface area contributed by atoms with E-state index in [4.69, 9.17) is 10.5 Å². The second-order valence-corrected chi connectivity index (χ2v) is 5.22. The molecule has 0 bridgehead atoms. The first-order chi connectivity index (χ1) is 9.14. The average molecular weight is 259 g/mol. The van der Waals surface area contributed by atoms with Gasteiger partial charge >= 0.3 is 0 Å². The number of nitrogen functional groups attached to an aromatic ring is 1. The van der Waals surface area contributed by atoms with Gasteiger partial charge in [0.25, 0.3) is 0 Å². The van der Waals surface area contributed by atoms with Gasteiger partial charge < -0.3 is 10.5 Å². The highest BCUT2D eigenvalue weighted by Gasteiger charge is 2.37. The minimum absolute atomic E-state index is 0.0352. The molecule has 6 nitrogen and oxygen atoms in total. The van der Waals surface area contributed by atoms with Crippen LogP contribution >= 0.6 is 0 Å². The van der Waals surface area contributed by atoms with Gasteiger partial charge in [0, 0.05) is 5.56 Å². The third-order valence-corrected chi connectivity index (χ3v) is 3.90. The van der Waals surface area contributed by atoms with Gasteiger partial charge in [0.1, 0.15) is 5.75 Å². The van der Waals surface area contributed by atoms with E-state index < -0.39 is 0 Å². The van der Waals surface area contributed by atoms with Gasteiger partial charge in [-0.05, 0) is 54.8 Å². The molecule has 0 saturated heterocycles. The Kier molecular flexibility index (Phi) is 2.66. The van der Waals surface area contributed by atoms with E-state index >= 15 is 0 Å². The summed E-state index contributed by atoms with van der Waals surface area (Å²) in [5, 5.41) is 12.1. The molecule has 19 heavy (non-hydrogen) atoms. The van der Waals surface area contributed by atoms with Gasteiger partial charge in [-0.15, -0.1) is 5.10 Å². The Morgan fingerprint density at radius 3 is 2.79 bits per heavy atom. The van der Waals surface area contributed by atoms with E-state index in [-0.39, 0.29) is 5.54 Å². The summed E-state index contributed by atoms with van der Waals surface area (Å²) < 4.78 is 7.16. The number of anilines is 1. The number of hydrogen-bond donors (Lipinski definition) is 1. The maximum atomic E-state index is 5.83. The molecule has 6 heteroatoms. The third kappa shape index (κ3) is 1.83. The fraction of sp³-hybridized carbons (Fsp3) is 0.462. The van der Waals surface area contributed by atoms with Crippen LogP contribution in [0.5, 0.6) is 5.75 Å². The number of nitrogens with two attached hydrogens (primary N) is 1. The van der Waals surface area contributed by atoms with Crippen molar-refractivity contribution in [1.29, 1.82) is 0 Å². The number of rotatable bonds is 3. The lowest BCUT2D eigenvalue weighted by molar-refractivity contribution is 0.148. The van der Waals surface area contributed by atoms with E-state index in [1.54, 1.807) is 7.11 Å². The average Bonchev–Trinajstić information content (AvgIpc) is 2.86. The minimum Gasteiger partial charge on any atom is -0.495 e. The summed E-state index contributed by atoms with van der Waals surface area (Å²) >= 11 is 0. The summed E-state index contributed by atoms with van der Waals surface area (Å²) in [7, 11) is 1.60. The number of tetrazole rings is 1. The van der Waals surface area contributed by atoms with Crippen LogP contribution in [0, 0.1) is 0 Å². The molecular formula is C13H17N5O. The normalized spacial score (nSPS) is 16.9. The van der Waals surface area contributed by atoms with E-state index in [0.29, 0.717) is 11.4 Å². The van der Waals surface area contributed by atoms with Crippen LogP contribution in [-0.4, -0.2) is 27.3 Å². The van der Waals surface area contributed by atoms with Gasteiger partial charge in [-0.3, -0.25) is 0 Å². The summed E-state index contributed by atoms with van der Waals surface area (Å²) in [6.07, 6.45) is 3.44. The van der Waals surface area contributed by atoms with Crippen molar-refractivity contribution in [2.45, 2.75) is 31.7 Å². The van der Waals surface area contributed by atoms with Crippen molar-refractivity contribution in [1.82, 2.24) is 20.2 Å². The molecule has 1 fully saturated rings. The number of nitrogens with zero attached hydrogens (tertiary/aromatic N) is 4. The SMILES string of the molecule is COc1cc(-c2nnnn2C2(C)CCC2)ccc1N. The number of methoxy groups -OCH3 is 1. The maximum Gasteiger partial charge on any atom is 0.182 e. The summed E-state index contributed by atoms with van der Waals surface area (Å²) in [6.45, 7) is 2.19. The topological polar surface area (TPSA) is 78.9 Å². The zero-order valence-corrected chi connectivity index (χ0v) is 11.1. The zero-order valence-electron chi connectivity index (χ0n) is 11.1. The van der Waals surface area contributed by atoms with Crippen LogP contribution < -0.4 is 10.5 Å². The fourth-order valence-electron chi connectivity index (χ4n) is 2.48. The van der Waals surface area contributed by atoms with E-state index in [9.17, 15) is 0 Å². The maximum absolute atomic E-state index is 5.83. The Bertz CT molecular complexity index is 603. The summed E-state index contributed by atoms with van der Waals surface area (Å²) in [5.74, 6) is 1.41. The highest BCUT2D eigenvalue weighted by Crippen LogP contribution is 2.40. The highest BCUT2D eigenvalue weighted by atomic mass is 16.5. The molecule has 1 saturated carbocycles. The number of aromatic nitrogens is 4. The Balaban J connectivity index is 2.05.